The number of hydrogen-bond acceptors (Lipinski definition) is 5. The smallest absolute Gasteiger partial charge is 0.269 e. The molecule has 1 fully saturated rings. The lowest BCUT2D eigenvalue weighted by molar-refractivity contribution is -0.131. The van der Waals surface area contributed by atoms with Crippen molar-refractivity contribution in [3.63, 3.8) is 0 Å². The van der Waals surface area contributed by atoms with Gasteiger partial charge < -0.3 is 14.9 Å². The SMILES string of the molecule is O=C(Cn1ncc(N2CCc3ccccc3C2)cc1=O)N1CCC(O)C1. The van der Waals surface area contributed by atoms with Gasteiger partial charge in [-0.05, 0) is 24.0 Å². The van der Waals surface area contributed by atoms with E-state index in [2.05, 4.69) is 22.1 Å². The fourth-order valence-electron chi connectivity index (χ4n) is 3.63. The third-order valence-corrected chi connectivity index (χ3v) is 5.15. The maximum Gasteiger partial charge on any atom is 0.269 e. The number of hydrogen-bond donors (Lipinski definition) is 1. The Morgan fingerprint density at radius 3 is 2.77 bits per heavy atom. The van der Waals surface area contributed by atoms with E-state index in [0.29, 0.717) is 19.5 Å². The van der Waals surface area contributed by atoms with Crippen LogP contribution in [-0.4, -0.2) is 51.4 Å². The lowest BCUT2D eigenvalue weighted by Crippen LogP contribution is -2.37. The summed E-state index contributed by atoms with van der Waals surface area (Å²) in [7, 11) is 0. The highest BCUT2D eigenvalue weighted by atomic mass is 16.3. The largest absolute Gasteiger partial charge is 0.391 e. The van der Waals surface area contributed by atoms with E-state index >= 15 is 0 Å². The van der Waals surface area contributed by atoms with Crippen molar-refractivity contribution in [2.75, 3.05) is 24.5 Å². The molecule has 136 valence electrons. The summed E-state index contributed by atoms with van der Waals surface area (Å²) in [6.45, 7) is 2.37. The van der Waals surface area contributed by atoms with E-state index in [1.165, 1.54) is 15.8 Å². The molecule has 0 aliphatic carbocycles. The molecule has 1 aromatic carbocycles. The standard InChI is InChI=1S/C19H22N4O3/c24-17-6-8-22(12-17)19(26)13-23-18(25)9-16(10-20-23)21-7-5-14-3-1-2-4-15(14)11-21/h1-4,9-10,17,24H,5-8,11-13H2. The predicted octanol–water partition coefficient (Wildman–Crippen LogP) is 0.399. The lowest BCUT2D eigenvalue weighted by Gasteiger charge is -2.30. The van der Waals surface area contributed by atoms with Crippen LogP contribution in [0.15, 0.2) is 41.3 Å². The normalized spacial score (nSPS) is 19.5. The molecule has 2 aromatic rings. The first-order chi connectivity index (χ1) is 12.6. The average molecular weight is 354 g/mol. The van der Waals surface area contributed by atoms with E-state index in [0.717, 1.165) is 25.2 Å². The highest BCUT2D eigenvalue weighted by molar-refractivity contribution is 5.76. The molecule has 4 rings (SSSR count). The quantitative estimate of drug-likeness (QED) is 0.863. The molecule has 7 heteroatoms. The van der Waals surface area contributed by atoms with Crippen LogP contribution in [0.5, 0.6) is 0 Å². The van der Waals surface area contributed by atoms with Crippen LogP contribution in [0.1, 0.15) is 17.5 Å². The summed E-state index contributed by atoms with van der Waals surface area (Å²) in [4.78, 5) is 28.4. The Bertz CT molecular complexity index is 879. The average Bonchev–Trinajstić information content (AvgIpc) is 3.09. The molecule has 1 atom stereocenters. The number of fused-ring (bicyclic) bond motifs is 1. The molecule has 1 N–H and O–H groups in total. The van der Waals surface area contributed by atoms with Gasteiger partial charge in [-0.1, -0.05) is 24.3 Å². The fourth-order valence-corrected chi connectivity index (χ4v) is 3.63. The number of anilines is 1. The molecular weight excluding hydrogens is 332 g/mol. The Labute approximate surface area is 151 Å². The van der Waals surface area contributed by atoms with Gasteiger partial charge in [0, 0.05) is 32.2 Å². The topological polar surface area (TPSA) is 78.7 Å². The molecule has 0 radical (unpaired) electrons. The summed E-state index contributed by atoms with van der Waals surface area (Å²) in [5.41, 5.74) is 3.12. The number of benzene rings is 1. The zero-order valence-electron chi connectivity index (χ0n) is 14.5. The van der Waals surface area contributed by atoms with Gasteiger partial charge in [0.15, 0.2) is 0 Å². The number of rotatable bonds is 3. The highest BCUT2D eigenvalue weighted by Gasteiger charge is 2.25. The summed E-state index contributed by atoms with van der Waals surface area (Å²) in [5.74, 6) is -0.184. The van der Waals surface area contributed by atoms with Gasteiger partial charge in [0.1, 0.15) is 6.54 Å². The van der Waals surface area contributed by atoms with Gasteiger partial charge in [-0.3, -0.25) is 9.59 Å². The monoisotopic (exact) mass is 354 g/mol. The van der Waals surface area contributed by atoms with Crippen molar-refractivity contribution in [2.45, 2.75) is 32.0 Å². The van der Waals surface area contributed by atoms with Crippen molar-refractivity contribution < 1.29 is 9.90 Å². The number of aromatic nitrogens is 2. The predicted molar refractivity (Wildman–Crippen MR) is 96.9 cm³/mol. The van der Waals surface area contributed by atoms with Crippen LogP contribution >= 0.6 is 0 Å². The van der Waals surface area contributed by atoms with Crippen LogP contribution in [0, 0.1) is 0 Å². The van der Waals surface area contributed by atoms with Gasteiger partial charge in [-0.2, -0.15) is 5.10 Å². The molecule has 3 heterocycles. The van der Waals surface area contributed by atoms with Crippen molar-refractivity contribution >= 4 is 11.6 Å². The molecule has 26 heavy (non-hydrogen) atoms. The summed E-state index contributed by atoms with van der Waals surface area (Å²) in [6.07, 6.45) is 2.72. The Kier molecular flexibility index (Phi) is 4.46. The molecular formula is C19H22N4O3. The third-order valence-electron chi connectivity index (χ3n) is 5.15. The Morgan fingerprint density at radius 1 is 1.23 bits per heavy atom. The minimum absolute atomic E-state index is 0.0886. The zero-order chi connectivity index (χ0) is 18.1. The maximum atomic E-state index is 12.4. The molecule has 0 bridgehead atoms. The van der Waals surface area contributed by atoms with E-state index in [-0.39, 0.29) is 18.0 Å². The molecule has 1 aromatic heterocycles. The second-order valence-electron chi connectivity index (χ2n) is 6.93. The summed E-state index contributed by atoms with van der Waals surface area (Å²) in [5, 5.41) is 13.7. The van der Waals surface area contributed by atoms with Gasteiger partial charge in [-0.25, -0.2) is 4.68 Å². The zero-order valence-corrected chi connectivity index (χ0v) is 14.5. The number of amides is 1. The van der Waals surface area contributed by atoms with Crippen LogP contribution in [-0.2, 0) is 24.3 Å². The van der Waals surface area contributed by atoms with Crippen molar-refractivity contribution in [3.8, 4) is 0 Å². The number of aliphatic hydroxyl groups excluding tert-OH is 1. The van der Waals surface area contributed by atoms with Crippen LogP contribution in [0.4, 0.5) is 5.69 Å². The minimum atomic E-state index is -0.465. The van der Waals surface area contributed by atoms with E-state index in [1.54, 1.807) is 17.2 Å². The third kappa shape index (κ3) is 3.35. The molecule has 0 spiro atoms. The Hall–Kier alpha value is -2.67. The molecule has 2 aliphatic rings. The first kappa shape index (κ1) is 16.8. The molecule has 7 nitrogen and oxygen atoms in total. The molecule has 1 unspecified atom stereocenters. The second-order valence-corrected chi connectivity index (χ2v) is 6.93. The van der Waals surface area contributed by atoms with E-state index in [1.807, 2.05) is 12.1 Å². The van der Waals surface area contributed by atoms with Crippen LogP contribution in [0.2, 0.25) is 0 Å². The Morgan fingerprint density at radius 2 is 2.04 bits per heavy atom. The second kappa shape index (κ2) is 6.92. The summed E-state index contributed by atoms with van der Waals surface area (Å²) < 4.78 is 1.19. The van der Waals surface area contributed by atoms with Crippen molar-refractivity contribution in [3.05, 3.63) is 58.0 Å². The molecule has 1 saturated heterocycles. The van der Waals surface area contributed by atoms with Gasteiger partial charge in [0.2, 0.25) is 5.91 Å². The molecule has 0 saturated carbocycles. The van der Waals surface area contributed by atoms with Crippen LogP contribution in [0.25, 0.3) is 0 Å². The molecule has 2 aliphatic heterocycles. The number of nitrogens with zero attached hydrogens (tertiary/aromatic N) is 4. The van der Waals surface area contributed by atoms with E-state index < -0.39 is 6.10 Å². The van der Waals surface area contributed by atoms with E-state index in [4.69, 9.17) is 0 Å². The highest BCUT2D eigenvalue weighted by Crippen LogP contribution is 2.22. The maximum absolute atomic E-state index is 12.4. The van der Waals surface area contributed by atoms with Gasteiger partial charge in [-0.15, -0.1) is 0 Å². The first-order valence-corrected chi connectivity index (χ1v) is 8.95. The summed E-state index contributed by atoms with van der Waals surface area (Å²) in [6, 6.07) is 9.88. The fraction of sp³-hybridized carbons (Fsp3) is 0.421. The van der Waals surface area contributed by atoms with E-state index in [9.17, 15) is 14.7 Å². The van der Waals surface area contributed by atoms with Gasteiger partial charge in [0.25, 0.3) is 5.56 Å². The Balaban J connectivity index is 1.47. The van der Waals surface area contributed by atoms with Crippen LogP contribution < -0.4 is 10.5 Å². The lowest BCUT2D eigenvalue weighted by atomic mass is 10.00. The number of β-amino-alcohol motifs (C(OH)–C–C–N with tert-alkyl or cyclic N) is 1. The minimum Gasteiger partial charge on any atom is -0.391 e. The van der Waals surface area contributed by atoms with Crippen molar-refractivity contribution in [2.24, 2.45) is 0 Å². The first-order valence-electron chi connectivity index (χ1n) is 8.95. The molecule has 1 amide bonds. The number of likely N-dealkylation sites (tertiary alicyclic amines) is 1. The van der Waals surface area contributed by atoms with Crippen molar-refractivity contribution in [1.29, 1.82) is 0 Å². The van der Waals surface area contributed by atoms with Crippen molar-refractivity contribution in [1.82, 2.24) is 14.7 Å². The summed E-state index contributed by atoms with van der Waals surface area (Å²) >= 11 is 0. The van der Waals surface area contributed by atoms with Crippen LogP contribution in [0.3, 0.4) is 0 Å². The van der Waals surface area contributed by atoms with Gasteiger partial charge in [0.05, 0.1) is 18.0 Å². The number of carbonyl (C=O) groups excluding carboxylic acids is 1. The number of carbonyl (C=O) groups is 1. The van der Waals surface area contributed by atoms with Gasteiger partial charge >= 0.3 is 0 Å². The number of aliphatic hydroxyl groups is 1.